The van der Waals surface area contributed by atoms with Crippen molar-refractivity contribution in [2.24, 2.45) is 0 Å². The Morgan fingerprint density at radius 2 is 2.00 bits per heavy atom. The van der Waals surface area contributed by atoms with E-state index >= 15 is 0 Å². The van der Waals surface area contributed by atoms with Crippen LogP contribution in [-0.4, -0.2) is 13.2 Å². The minimum absolute atomic E-state index is 0.258. The number of nitrogens with one attached hydrogen (secondary N) is 1. The van der Waals surface area contributed by atoms with Crippen molar-refractivity contribution >= 4 is 0 Å². The Kier molecular flexibility index (Phi) is 4.37. The third-order valence-electron chi connectivity index (χ3n) is 2.47. The van der Waals surface area contributed by atoms with Crippen molar-refractivity contribution in [2.75, 3.05) is 7.11 Å². The Morgan fingerprint density at radius 1 is 1.33 bits per heavy atom. The van der Waals surface area contributed by atoms with E-state index in [4.69, 9.17) is 4.74 Å². The molecule has 2 atom stereocenters. The monoisotopic (exact) mass is 205 g/mol. The van der Waals surface area contributed by atoms with Gasteiger partial charge in [0.1, 0.15) is 5.75 Å². The molecule has 0 saturated carbocycles. The number of hydrogen-bond acceptors (Lipinski definition) is 2. The molecule has 1 rings (SSSR count). The van der Waals surface area contributed by atoms with Gasteiger partial charge in [-0.1, -0.05) is 24.3 Å². The summed E-state index contributed by atoms with van der Waals surface area (Å²) >= 11 is 0. The summed E-state index contributed by atoms with van der Waals surface area (Å²) in [7, 11) is 1.70. The Morgan fingerprint density at radius 3 is 2.60 bits per heavy atom. The summed E-state index contributed by atoms with van der Waals surface area (Å²) in [6.07, 6.45) is 1.89. The van der Waals surface area contributed by atoms with Crippen LogP contribution in [0.2, 0.25) is 0 Å². The van der Waals surface area contributed by atoms with Crippen molar-refractivity contribution in [3.05, 3.63) is 42.5 Å². The molecule has 0 radical (unpaired) electrons. The van der Waals surface area contributed by atoms with Crippen molar-refractivity contribution in [2.45, 2.75) is 25.9 Å². The van der Waals surface area contributed by atoms with Crippen LogP contribution in [0.25, 0.3) is 0 Å². The highest BCUT2D eigenvalue weighted by Crippen LogP contribution is 2.24. The zero-order valence-corrected chi connectivity index (χ0v) is 9.66. The predicted octanol–water partition coefficient (Wildman–Crippen LogP) is 2.92. The average molecular weight is 205 g/mol. The fraction of sp³-hybridized carbons (Fsp3) is 0.385. The highest BCUT2D eigenvalue weighted by Gasteiger charge is 2.11. The number of ether oxygens (including phenoxy) is 1. The molecule has 0 aliphatic heterocycles. The largest absolute Gasteiger partial charge is 0.496 e. The molecular weight excluding hydrogens is 186 g/mol. The van der Waals surface area contributed by atoms with Crippen LogP contribution in [0.1, 0.15) is 25.5 Å². The standard InChI is InChI=1S/C13H19NO/c1-5-10(2)14-11(3)12-8-6-7-9-13(12)15-4/h5-11,14H,1H2,2-4H3/t10?,11-/m0/s1. The Hall–Kier alpha value is -1.28. The normalized spacial score (nSPS) is 14.3. The Balaban J connectivity index is 2.80. The lowest BCUT2D eigenvalue weighted by molar-refractivity contribution is 0.400. The zero-order chi connectivity index (χ0) is 11.3. The fourth-order valence-electron chi connectivity index (χ4n) is 1.58. The maximum Gasteiger partial charge on any atom is 0.123 e. The minimum atomic E-state index is 0.258. The first-order valence-corrected chi connectivity index (χ1v) is 5.20. The highest BCUT2D eigenvalue weighted by atomic mass is 16.5. The molecular formula is C13H19NO. The van der Waals surface area contributed by atoms with Crippen LogP contribution < -0.4 is 10.1 Å². The van der Waals surface area contributed by atoms with Gasteiger partial charge in [0.15, 0.2) is 0 Å². The van der Waals surface area contributed by atoms with Gasteiger partial charge in [-0.3, -0.25) is 0 Å². The molecule has 2 nitrogen and oxygen atoms in total. The lowest BCUT2D eigenvalue weighted by Gasteiger charge is -2.19. The highest BCUT2D eigenvalue weighted by molar-refractivity contribution is 5.35. The van der Waals surface area contributed by atoms with Crippen molar-refractivity contribution in [3.8, 4) is 5.75 Å². The fourth-order valence-corrected chi connectivity index (χ4v) is 1.58. The zero-order valence-electron chi connectivity index (χ0n) is 9.66. The van der Waals surface area contributed by atoms with Crippen molar-refractivity contribution in [1.29, 1.82) is 0 Å². The van der Waals surface area contributed by atoms with Crippen molar-refractivity contribution < 1.29 is 4.74 Å². The van der Waals surface area contributed by atoms with Crippen LogP contribution in [0.4, 0.5) is 0 Å². The molecule has 1 aromatic carbocycles. The maximum atomic E-state index is 5.32. The summed E-state index contributed by atoms with van der Waals surface area (Å²) < 4.78 is 5.32. The molecule has 1 unspecified atom stereocenters. The van der Waals surface area contributed by atoms with Gasteiger partial charge in [-0.15, -0.1) is 6.58 Å². The van der Waals surface area contributed by atoms with Crippen LogP contribution in [0, 0.1) is 0 Å². The molecule has 1 N–H and O–H groups in total. The number of hydrogen-bond donors (Lipinski definition) is 1. The summed E-state index contributed by atoms with van der Waals surface area (Å²) in [6, 6.07) is 8.61. The quantitative estimate of drug-likeness (QED) is 0.746. The van der Waals surface area contributed by atoms with Crippen LogP contribution in [-0.2, 0) is 0 Å². The van der Waals surface area contributed by atoms with E-state index in [2.05, 4.69) is 31.8 Å². The minimum Gasteiger partial charge on any atom is -0.496 e. The molecule has 0 spiro atoms. The lowest BCUT2D eigenvalue weighted by atomic mass is 10.1. The van der Waals surface area contributed by atoms with Gasteiger partial charge in [-0.2, -0.15) is 0 Å². The van der Waals surface area contributed by atoms with Crippen molar-refractivity contribution in [3.63, 3.8) is 0 Å². The third-order valence-corrected chi connectivity index (χ3v) is 2.47. The Labute approximate surface area is 92.0 Å². The molecule has 0 heterocycles. The molecule has 0 fully saturated rings. The van der Waals surface area contributed by atoms with E-state index in [1.165, 1.54) is 5.56 Å². The van der Waals surface area contributed by atoms with Gasteiger partial charge in [0.25, 0.3) is 0 Å². The first-order valence-electron chi connectivity index (χ1n) is 5.20. The van der Waals surface area contributed by atoms with Crippen LogP contribution in [0.3, 0.4) is 0 Å². The average Bonchev–Trinajstić information content (AvgIpc) is 2.28. The van der Waals surface area contributed by atoms with Gasteiger partial charge >= 0.3 is 0 Å². The van der Waals surface area contributed by atoms with Gasteiger partial charge in [-0.25, -0.2) is 0 Å². The molecule has 15 heavy (non-hydrogen) atoms. The second-order valence-corrected chi connectivity index (χ2v) is 3.65. The number of rotatable bonds is 5. The van der Waals surface area contributed by atoms with E-state index in [0.29, 0.717) is 6.04 Å². The van der Waals surface area contributed by atoms with E-state index < -0.39 is 0 Å². The molecule has 1 aromatic rings. The van der Waals surface area contributed by atoms with E-state index in [9.17, 15) is 0 Å². The SMILES string of the molecule is C=CC(C)N[C@@H](C)c1ccccc1OC. The lowest BCUT2D eigenvalue weighted by Crippen LogP contribution is -2.27. The molecule has 0 aliphatic rings. The topological polar surface area (TPSA) is 21.3 Å². The molecule has 0 amide bonds. The number of benzene rings is 1. The molecule has 82 valence electrons. The van der Waals surface area contributed by atoms with E-state index in [0.717, 1.165) is 5.75 Å². The van der Waals surface area contributed by atoms with Crippen LogP contribution >= 0.6 is 0 Å². The number of para-hydroxylation sites is 1. The van der Waals surface area contributed by atoms with Crippen molar-refractivity contribution in [1.82, 2.24) is 5.32 Å². The first kappa shape index (κ1) is 11.8. The van der Waals surface area contributed by atoms with E-state index in [1.54, 1.807) is 7.11 Å². The van der Waals surface area contributed by atoms with Gasteiger partial charge in [0, 0.05) is 17.6 Å². The predicted molar refractivity (Wildman–Crippen MR) is 64.2 cm³/mol. The second-order valence-electron chi connectivity index (χ2n) is 3.65. The molecule has 0 aliphatic carbocycles. The second kappa shape index (κ2) is 5.56. The van der Waals surface area contributed by atoms with Gasteiger partial charge in [-0.05, 0) is 19.9 Å². The van der Waals surface area contributed by atoms with E-state index in [1.807, 2.05) is 24.3 Å². The van der Waals surface area contributed by atoms with Gasteiger partial charge < -0.3 is 10.1 Å². The van der Waals surface area contributed by atoms with Crippen LogP contribution in [0.5, 0.6) is 5.75 Å². The summed E-state index contributed by atoms with van der Waals surface area (Å²) in [5.41, 5.74) is 1.17. The van der Waals surface area contributed by atoms with Crippen LogP contribution in [0.15, 0.2) is 36.9 Å². The summed E-state index contributed by atoms with van der Waals surface area (Å²) in [5, 5.41) is 3.42. The molecule has 2 heteroatoms. The molecule has 0 bridgehead atoms. The maximum absolute atomic E-state index is 5.32. The van der Waals surface area contributed by atoms with E-state index in [-0.39, 0.29) is 6.04 Å². The summed E-state index contributed by atoms with van der Waals surface area (Å²) in [6.45, 7) is 7.96. The smallest absolute Gasteiger partial charge is 0.123 e. The summed E-state index contributed by atoms with van der Waals surface area (Å²) in [4.78, 5) is 0. The summed E-state index contributed by atoms with van der Waals surface area (Å²) in [5.74, 6) is 0.925. The third kappa shape index (κ3) is 3.10. The van der Waals surface area contributed by atoms with Gasteiger partial charge in [0.2, 0.25) is 0 Å². The molecule has 0 saturated heterocycles. The number of methoxy groups -OCH3 is 1. The Bertz CT molecular complexity index is 322. The van der Waals surface area contributed by atoms with Gasteiger partial charge in [0.05, 0.1) is 7.11 Å². The molecule has 0 aromatic heterocycles. The first-order chi connectivity index (χ1) is 7.19.